The van der Waals surface area contributed by atoms with Gasteiger partial charge in [-0.3, -0.25) is 14.5 Å². The van der Waals surface area contributed by atoms with E-state index in [9.17, 15) is 26.4 Å². The van der Waals surface area contributed by atoms with Crippen LogP contribution in [0.4, 0.5) is 24.5 Å². The zero-order chi connectivity index (χ0) is 21.9. The maximum atomic E-state index is 12.8. The number of carbonyl (C=O) groups excluding carboxylic acids is 1. The van der Waals surface area contributed by atoms with Gasteiger partial charge in [0, 0.05) is 11.9 Å². The SMILES string of the molecule is O=C(Nc1cccnc1)c1cc(S(=O)(=O)Nc2cccc(C(F)(F)F)c2)ccc1Cl. The van der Waals surface area contributed by atoms with Crippen LogP contribution >= 0.6 is 11.6 Å². The number of sulfonamides is 1. The molecule has 0 spiro atoms. The van der Waals surface area contributed by atoms with Crippen molar-refractivity contribution in [2.45, 2.75) is 11.1 Å². The third-order valence-corrected chi connectivity index (χ3v) is 5.56. The van der Waals surface area contributed by atoms with E-state index in [1.54, 1.807) is 12.1 Å². The second-order valence-electron chi connectivity index (χ2n) is 6.02. The van der Waals surface area contributed by atoms with Crippen molar-refractivity contribution in [1.82, 2.24) is 4.98 Å². The largest absolute Gasteiger partial charge is 0.416 e. The lowest BCUT2D eigenvalue weighted by molar-refractivity contribution is -0.137. The zero-order valence-corrected chi connectivity index (χ0v) is 16.5. The average molecular weight is 456 g/mol. The number of aromatic nitrogens is 1. The van der Waals surface area contributed by atoms with Crippen LogP contribution in [-0.2, 0) is 16.2 Å². The van der Waals surface area contributed by atoms with Gasteiger partial charge >= 0.3 is 6.18 Å². The Morgan fingerprint density at radius 3 is 2.40 bits per heavy atom. The zero-order valence-electron chi connectivity index (χ0n) is 14.9. The Bertz CT molecular complexity index is 1190. The van der Waals surface area contributed by atoms with Crippen molar-refractivity contribution in [1.29, 1.82) is 0 Å². The number of hydrogen-bond acceptors (Lipinski definition) is 4. The average Bonchev–Trinajstić information content (AvgIpc) is 2.68. The first kappa shape index (κ1) is 21.6. The van der Waals surface area contributed by atoms with Gasteiger partial charge in [-0.25, -0.2) is 8.42 Å². The number of anilines is 2. The number of nitrogens with one attached hydrogen (secondary N) is 2. The van der Waals surface area contributed by atoms with Gasteiger partial charge in [0.25, 0.3) is 15.9 Å². The number of rotatable bonds is 5. The molecule has 1 heterocycles. The first-order chi connectivity index (χ1) is 14.1. The maximum Gasteiger partial charge on any atom is 0.416 e. The number of nitrogens with zero attached hydrogens (tertiary/aromatic N) is 1. The highest BCUT2D eigenvalue weighted by molar-refractivity contribution is 7.92. The molecule has 6 nitrogen and oxygen atoms in total. The molecule has 0 radical (unpaired) electrons. The molecule has 1 aromatic heterocycles. The summed E-state index contributed by atoms with van der Waals surface area (Å²) >= 11 is 6.02. The monoisotopic (exact) mass is 455 g/mol. The number of carbonyl (C=O) groups is 1. The van der Waals surface area contributed by atoms with Gasteiger partial charge < -0.3 is 5.32 Å². The molecule has 3 rings (SSSR count). The molecule has 0 unspecified atom stereocenters. The lowest BCUT2D eigenvalue weighted by atomic mass is 10.2. The molecule has 3 aromatic rings. The van der Waals surface area contributed by atoms with Crippen LogP contribution in [0.3, 0.4) is 0 Å². The van der Waals surface area contributed by atoms with Crippen molar-refractivity contribution in [2.24, 2.45) is 0 Å². The van der Waals surface area contributed by atoms with E-state index in [-0.39, 0.29) is 21.2 Å². The van der Waals surface area contributed by atoms with Crippen LogP contribution in [0, 0.1) is 0 Å². The molecule has 2 N–H and O–H groups in total. The van der Waals surface area contributed by atoms with E-state index < -0.39 is 27.7 Å². The summed E-state index contributed by atoms with van der Waals surface area (Å²) in [6, 6.07) is 10.3. The Kier molecular flexibility index (Phi) is 5.99. The molecular formula is C19H13ClF3N3O3S. The molecule has 0 fully saturated rings. The summed E-state index contributed by atoms with van der Waals surface area (Å²) < 4.78 is 65.9. The standard InChI is InChI=1S/C19H13ClF3N3O3S/c20-17-7-6-15(10-16(17)18(27)25-14-5-2-8-24-11-14)30(28,29)26-13-4-1-3-12(9-13)19(21,22)23/h1-11,26H,(H,25,27). The Hall–Kier alpha value is -3.11. The second-order valence-corrected chi connectivity index (χ2v) is 8.11. The van der Waals surface area contributed by atoms with Crippen LogP contribution in [0.1, 0.15) is 15.9 Å². The van der Waals surface area contributed by atoms with Crippen LogP contribution in [-0.4, -0.2) is 19.3 Å². The number of alkyl halides is 3. The number of pyridine rings is 1. The van der Waals surface area contributed by atoms with E-state index in [0.717, 1.165) is 24.3 Å². The van der Waals surface area contributed by atoms with Gasteiger partial charge in [0.2, 0.25) is 0 Å². The van der Waals surface area contributed by atoms with Crippen molar-refractivity contribution in [2.75, 3.05) is 10.0 Å². The molecule has 0 saturated carbocycles. The number of amides is 1. The fraction of sp³-hybridized carbons (Fsp3) is 0.0526. The molecule has 1 amide bonds. The summed E-state index contributed by atoms with van der Waals surface area (Å²) in [4.78, 5) is 16.0. The van der Waals surface area contributed by atoms with Crippen molar-refractivity contribution >= 4 is 38.9 Å². The lowest BCUT2D eigenvalue weighted by Gasteiger charge is -2.12. The van der Waals surface area contributed by atoms with Crippen LogP contribution in [0.2, 0.25) is 5.02 Å². The summed E-state index contributed by atoms with van der Waals surface area (Å²) in [7, 11) is -4.29. The van der Waals surface area contributed by atoms with E-state index in [1.807, 2.05) is 0 Å². The number of halogens is 4. The minimum absolute atomic E-state index is 0.00518. The Morgan fingerprint density at radius 1 is 1.00 bits per heavy atom. The minimum atomic E-state index is -4.63. The predicted molar refractivity (Wildman–Crippen MR) is 106 cm³/mol. The molecule has 11 heteroatoms. The lowest BCUT2D eigenvalue weighted by Crippen LogP contribution is -2.17. The molecule has 0 atom stereocenters. The minimum Gasteiger partial charge on any atom is -0.321 e. The number of hydrogen-bond donors (Lipinski definition) is 2. The first-order valence-electron chi connectivity index (χ1n) is 8.27. The molecule has 0 aliphatic rings. The Balaban J connectivity index is 1.88. The molecule has 0 aliphatic heterocycles. The van der Waals surface area contributed by atoms with E-state index in [0.29, 0.717) is 11.8 Å². The topological polar surface area (TPSA) is 88.2 Å². The van der Waals surface area contributed by atoms with Crippen LogP contribution in [0.5, 0.6) is 0 Å². The van der Waals surface area contributed by atoms with Crippen LogP contribution in [0.15, 0.2) is 71.9 Å². The molecule has 156 valence electrons. The highest BCUT2D eigenvalue weighted by Crippen LogP contribution is 2.31. The normalized spacial score (nSPS) is 11.7. The smallest absolute Gasteiger partial charge is 0.321 e. The quantitative estimate of drug-likeness (QED) is 0.578. The predicted octanol–water partition coefficient (Wildman–Crippen LogP) is 4.81. The maximum absolute atomic E-state index is 12.8. The van der Waals surface area contributed by atoms with Crippen molar-refractivity contribution in [3.63, 3.8) is 0 Å². The molecule has 30 heavy (non-hydrogen) atoms. The fourth-order valence-corrected chi connectivity index (χ4v) is 3.73. The van der Waals surface area contributed by atoms with Crippen LogP contribution < -0.4 is 10.0 Å². The van der Waals surface area contributed by atoms with Crippen LogP contribution in [0.25, 0.3) is 0 Å². The molecule has 0 aliphatic carbocycles. The summed E-state index contributed by atoms with van der Waals surface area (Å²) in [5.41, 5.74) is -1.04. The highest BCUT2D eigenvalue weighted by atomic mass is 35.5. The molecular weight excluding hydrogens is 443 g/mol. The van der Waals surface area contributed by atoms with E-state index >= 15 is 0 Å². The summed E-state index contributed by atoms with van der Waals surface area (Å²) in [5, 5.41) is 2.52. The second kappa shape index (κ2) is 8.33. The van der Waals surface area contributed by atoms with Gasteiger partial charge in [-0.05, 0) is 48.5 Å². The van der Waals surface area contributed by atoms with E-state index in [2.05, 4.69) is 15.0 Å². The Morgan fingerprint density at radius 2 is 1.73 bits per heavy atom. The molecule has 2 aromatic carbocycles. The summed E-state index contributed by atoms with van der Waals surface area (Å²) in [5.74, 6) is -0.677. The first-order valence-corrected chi connectivity index (χ1v) is 10.1. The van der Waals surface area contributed by atoms with Gasteiger partial charge in [-0.15, -0.1) is 0 Å². The van der Waals surface area contributed by atoms with Gasteiger partial charge in [0.1, 0.15) is 0 Å². The van der Waals surface area contributed by atoms with Gasteiger partial charge in [-0.2, -0.15) is 13.2 Å². The Labute approximate surface area is 174 Å². The van der Waals surface area contributed by atoms with Gasteiger partial charge in [0.05, 0.1) is 32.9 Å². The molecule has 0 saturated heterocycles. The van der Waals surface area contributed by atoms with Gasteiger partial charge in [-0.1, -0.05) is 17.7 Å². The van der Waals surface area contributed by atoms with E-state index in [1.165, 1.54) is 24.5 Å². The van der Waals surface area contributed by atoms with Crippen molar-refractivity contribution < 1.29 is 26.4 Å². The number of benzene rings is 2. The highest BCUT2D eigenvalue weighted by Gasteiger charge is 2.30. The fourth-order valence-electron chi connectivity index (χ4n) is 2.45. The third-order valence-electron chi connectivity index (χ3n) is 3.85. The summed E-state index contributed by atoms with van der Waals surface area (Å²) in [6.07, 6.45) is -1.73. The third kappa shape index (κ3) is 5.08. The molecule has 0 bridgehead atoms. The van der Waals surface area contributed by atoms with Gasteiger partial charge in [0.15, 0.2) is 0 Å². The van der Waals surface area contributed by atoms with E-state index in [4.69, 9.17) is 11.6 Å². The summed E-state index contributed by atoms with van der Waals surface area (Å²) in [6.45, 7) is 0. The van der Waals surface area contributed by atoms with Crippen molar-refractivity contribution in [3.05, 3.63) is 83.1 Å². The van der Waals surface area contributed by atoms with Crippen molar-refractivity contribution in [3.8, 4) is 0 Å².